The molecule has 7 heteroatoms. The minimum absolute atomic E-state index is 0.252. The highest BCUT2D eigenvalue weighted by atomic mass is 16.5. The van der Waals surface area contributed by atoms with Gasteiger partial charge in [0, 0.05) is 18.0 Å². The van der Waals surface area contributed by atoms with Crippen LogP contribution >= 0.6 is 0 Å². The maximum Gasteiger partial charge on any atom is 0.257 e. The average molecular weight is 386 g/mol. The molecule has 4 aromatic rings. The van der Waals surface area contributed by atoms with E-state index < -0.39 is 0 Å². The second kappa shape index (κ2) is 8.26. The molecular formula is C22H18N4O3. The van der Waals surface area contributed by atoms with E-state index in [2.05, 4.69) is 20.8 Å². The molecule has 29 heavy (non-hydrogen) atoms. The van der Waals surface area contributed by atoms with Crippen molar-refractivity contribution in [2.75, 3.05) is 10.6 Å². The standard InChI is InChI=1S/C22H18N4O3/c1-15-13-21(26-29-15)25-20-12-7-16(14-23-20)22(27)24-17-8-10-19(11-9-17)28-18-5-3-2-4-6-18/h2-14H,1H3,(H,24,27)(H,23,25,26). The first-order chi connectivity index (χ1) is 14.2. The summed E-state index contributed by atoms with van der Waals surface area (Å²) in [7, 11) is 0. The van der Waals surface area contributed by atoms with E-state index in [1.807, 2.05) is 30.3 Å². The molecule has 0 unspecified atom stereocenters. The zero-order chi connectivity index (χ0) is 20.1. The molecule has 2 N–H and O–H groups in total. The van der Waals surface area contributed by atoms with Gasteiger partial charge in [-0.3, -0.25) is 4.79 Å². The molecule has 0 bridgehead atoms. The van der Waals surface area contributed by atoms with Gasteiger partial charge in [-0.25, -0.2) is 4.98 Å². The molecule has 0 aliphatic rings. The summed E-state index contributed by atoms with van der Waals surface area (Å²) in [5.74, 6) is 3.02. The Hall–Kier alpha value is -4.13. The van der Waals surface area contributed by atoms with E-state index in [9.17, 15) is 4.79 Å². The van der Waals surface area contributed by atoms with E-state index in [0.717, 1.165) is 5.75 Å². The van der Waals surface area contributed by atoms with E-state index in [1.165, 1.54) is 6.20 Å². The van der Waals surface area contributed by atoms with Crippen LogP contribution in [-0.2, 0) is 0 Å². The van der Waals surface area contributed by atoms with E-state index in [1.54, 1.807) is 49.4 Å². The van der Waals surface area contributed by atoms with Gasteiger partial charge in [0.05, 0.1) is 5.56 Å². The fourth-order valence-electron chi connectivity index (χ4n) is 2.59. The van der Waals surface area contributed by atoms with Gasteiger partial charge in [-0.15, -0.1) is 0 Å². The number of ether oxygens (including phenoxy) is 1. The second-order valence-electron chi connectivity index (χ2n) is 6.27. The van der Waals surface area contributed by atoms with E-state index >= 15 is 0 Å². The summed E-state index contributed by atoms with van der Waals surface area (Å²) in [6, 6.07) is 21.8. The predicted octanol–water partition coefficient (Wildman–Crippen LogP) is 5.17. The highest BCUT2D eigenvalue weighted by Gasteiger charge is 2.08. The third-order valence-electron chi connectivity index (χ3n) is 4.00. The molecule has 7 nitrogen and oxygen atoms in total. The molecule has 0 fully saturated rings. The van der Waals surface area contributed by atoms with Crippen molar-refractivity contribution in [3.63, 3.8) is 0 Å². The lowest BCUT2D eigenvalue weighted by Gasteiger charge is -2.08. The number of hydrogen-bond acceptors (Lipinski definition) is 6. The molecule has 0 saturated heterocycles. The van der Waals surface area contributed by atoms with E-state index in [4.69, 9.17) is 9.26 Å². The number of aryl methyl sites for hydroxylation is 1. The fourth-order valence-corrected chi connectivity index (χ4v) is 2.59. The maximum atomic E-state index is 12.4. The van der Waals surface area contributed by atoms with E-state index in [-0.39, 0.29) is 5.91 Å². The summed E-state index contributed by atoms with van der Waals surface area (Å²) in [5, 5.41) is 9.69. The van der Waals surface area contributed by atoms with Gasteiger partial charge >= 0.3 is 0 Å². The van der Waals surface area contributed by atoms with Crippen molar-refractivity contribution < 1.29 is 14.1 Å². The van der Waals surface area contributed by atoms with Crippen molar-refractivity contribution in [1.82, 2.24) is 10.1 Å². The largest absolute Gasteiger partial charge is 0.457 e. The first-order valence-electron chi connectivity index (χ1n) is 8.96. The molecule has 0 atom stereocenters. The molecule has 0 saturated carbocycles. The van der Waals surface area contributed by atoms with Crippen LogP contribution in [0.25, 0.3) is 0 Å². The Morgan fingerprint density at radius 2 is 1.69 bits per heavy atom. The smallest absolute Gasteiger partial charge is 0.257 e. The van der Waals surface area contributed by atoms with Crippen LogP contribution in [0.1, 0.15) is 16.1 Å². The SMILES string of the molecule is Cc1cc(Nc2ccc(C(=O)Nc3ccc(Oc4ccccc4)cc3)cn2)no1. The molecule has 4 rings (SSSR count). The highest BCUT2D eigenvalue weighted by Crippen LogP contribution is 2.23. The monoisotopic (exact) mass is 386 g/mol. The van der Waals surface area contributed by atoms with E-state index in [0.29, 0.717) is 34.4 Å². The molecular weight excluding hydrogens is 368 g/mol. The zero-order valence-electron chi connectivity index (χ0n) is 15.6. The molecule has 2 aromatic heterocycles. The van der Waals surface area contributed by atoms with Crippen LogP contribution < -0.4 is 15.4 Å². The lowest BCUT2D eigenvalue weighted by atomic mass is 10.2. The van der Waals surface area contributed by atoms with Crippen molar-refractivity contribution in [2.24, 2.45) is 0 Å². The topological polar surface area (TPSA) is 89.3 Å². The quantitative estimate of drug-likeness (QED) is 0.475. The summed E-state index contributed by atoms with van der Waals surface area (Å²) < 4.78 is 10.7. The first kappa shape index (κ1) is 18.2. The number of hydrogen-bond donors (Lipinski definition) is 2. The number of benzene rings is 2. The third-order valence-corrected chi connectivity index (χ3v) is 4.00. The van der Waals surface area contributed by atoms with Crippen molar-refractivity contribution in [2.45, 2.75) is 6.92 Å². The van der Waals surface area contributed by atoms with Gasteiger partial charge in [-0.2, -0.15) is 0 Å². The molecule has 2 heterocycles. The molecule has 1 amide bonds. The van der Waals surface area contributed by atoms with Crippen molar-refractivity contribution in [3.8, 4) is 11.5 Å². The van der Waals surface area contributed by atoms with Gasteiger partial charge in [0.1, 0.15) is 23.1 Å². The minimum Gasteiger partial charge on any atom is -0.457 e. The number of pyridine rings is 1. The van der Waals surface area contributed by atoms with Crippen LogP contribution in [0.5, 0.6) is 11.5 Å². The van der Waals surface area contributed by atoms with Crippen molar-refractivity contribution in [3.05, 3.63) is 90.3 Å². The van der Waals surface area contributed by atoms with Crippen molar-refractivity contribution >= 4 is 23.2 Å². The second-order valence-corrected chi connectivity index (χ2v) is 6.27. The Kier molecular flexibility index (Phi) is 5.20. The number of carbonyl (C=O) groups excluding carboxylic acids is 1. The van der Waals surface area contributed by atoms with Gasteiger partial charge in [-0.1, -0.05) is 23.4 Å². The van der Waals surface area contributed by atoms with Crippen LogP contribution in [0.15, 0.2) is 83.5 Å². The Morgan fingerprint density at radius 1 is 0.931 bits per heavy atom. The molecule has 0 aliphatic heterocycles. The van der Waals surface area contributed by atoms with Crippen LogP contribution in [-0.4, -0.2) is 16.0 Å². The normalized spacial score (nSPS) is 10.4. The lowest BCUT2D eigenvalue weighted by molar-refractivity contribution is 0.102. The Balaban J connectivity index is 1.36. The van der Waals surface area contributed by atoms with Gasteiger partial charge in [0.25, 0.3) is 5.91 Å². The Labute approximate surface area is 167 Å². The average Bonchev–Trinajstić information content (AvgIpc) is 3.15. The fraction of sp³-hybridized carbons (Fsp3) is 0.0455. The minimum atomic E-state index is -0.252. The molecule has 0 aliphatic carbocycles. The van der Waals surface area contributed by atoms with Gasteiger partial charge in [0.2, 0.25) is 0 Å². The summed E-state index contributed by atoms with van der Waals surface area (Å²) in [6.45, 7) is 1.80. The number of amides is 1. The molecule has 0 spiro atoms. The van der Waals surface area contributed by atoms with Crippen LogP contribution in [0.2, 0.25) is 0 Å². The van der Waals surface area contributed by atoms with Gasteiger partial charge in [-0.05, 0) is 55.5 Å². The summed E-state index contributed by atoms with van der Waals surface area (Å²) in [4.78, 5) is 16.7. The number of anilines is 3. The first-order valence-corrected chi connectivity index (χ1v) is 8.96. The third kappa shape index (κ3) is 4.78. The molecule has 2 aromatic carbocycles. The van der Waals surface area contributed by atoms with Gasteiger partial charge in [0.15, 0.2) is 5.82 Å². The Morgan fingerprint density at radius 3 is 2.34 bits per heavy atom. The summed E-state index contributed by atoms with van der Waals surface area (Å²) in [6.07, 6.45) is 1.50. The molecule has 0 radical (unpaired) electrons. The number of nitrogens with zero attached hydrogens (tertiary/aromatic N) is 2. The number of aromatic nitrogens is 2. The Bertz CT molecular complexity index is 1090. The highest BCUT2D eigenvalue weighted by molar-refractivity contribution is 6.04. The predicted molar refractivity (Wildman–Crippen MR) is 110 cm³/mol. The lowest BCUT2D eigenvalue weighted by Crippen LogP contribution is -2.12. The summed E-state index contributed by atoms with van der Waals surface area (Å²) >= 11 is 0. The molecule has 144 valence electrons. The number of para-hydroxylation sites is 1. The van der Waals surface area contributed by atoms with Crippen LogP contribution in [0.4, 0.5) is 17.3 Å². The van der Waals surface area contributed by atoms with Gasteiger partial charge < -0.3 is 19.9 Å². The number of carbonyl (C=O) groups is 1. The maximum absolute atomic E-state index is 12.4. The number of nitrogens with one attached hydrogen (secondary N) is 2. The number of rotatable bonds is 6. The summed E-state index contributed by atoms with van der Waals surface area (Å²) in [5.41, 5.74) is 1.10. The zero-order valence-corrected chi connectivity index (χ0v) is 15.6. The van der Waals surface area contributed by atoms with Crippen LogP contribution in [0, 0.1) is 6.92 Å². The van der Waals surface area contributed by atoms with Crippen LogP contribution in [0.3, 0.4) is 0 Å². The van der Waals surface area contributed by atoms with Crippen molar-refractivity contribution in [1.29, 1.82) is 0 Å².